The van der Waals surface area contributed by atoms with E-state index in [4.69, 9.17) is 11.5 Å². The molecule has 0 spiro atoms. The van der Waals surface area contributed by atoms with Gasteiger partial charge in [0.1, 0.15) is 0 Å². The maximum absolute atomic E-state index is 6.06. The minimum atomic E-state index is 0.735. The average molecular weight is 395 g/mol. The van der Waals surface area contributed by atoms with E-state index in [0.717, 1.165) is 45.3 Å². The van der Waals surface area contributed by atoms with Gasteiger partial charge in [0.25, 0.3) is 0 Å². The fourth-order valence-corrected chi connectivity index (χ4v) is 3.48. The molecule has 0 atom stereocenters. The van der Waals surface area contributed by atoms with Gasteiger partial charge < -0.3 is 22.1 Å². The lowest BCUT2D eigenvalue weighted by molar-refractivity contribution is 1.41. The average Bonchev–Trinajstić information content (AvgIpc) is 2.74. The minimum Gasteiger partial charge on any atom is -0.397 e. The summed E-state index contributed by atoms with van der Waals surface area (Å²) in [6.07, 6.45) is 0. The number of nitrogens with one attached hydrogen (secondary N) is 2. The molecule has 0 heterocycles. The Kier molecular flexibility index (Phi) is 5.31. The summed E-state index contributed by atoms with van der Waals surface area (Å²) in [6, 6.07) is 28.4. The Morgan fingerprint density at radius 3 is 1.27 bits per heavy atom. The molecule has 0 aliphatic carbocycles. The molecule has 0 aliphatic heterocycles. The lowest BCUT2D eigenvalue weighted by atomic mass is 9.99. The van der Waals surface area contributed by atoms with E-state index in [1.54, 1.807) is 0 Å². The van der Waals surface area contributed by atoms with Crippen LogP contribution in [-0.2, 0) is 0 Å². The fraction of sp³-hybridized carbons (Fsp3) is 0.0769. The van der Waals surface area contributed by atoms with E-state index in [0.29, 0.717) is 0 Å². The zero-order valence-electron chi connectivity index (χ0n) is 17.2. The zero-order valence-corrected chi connectivity index (χ0v) is 17.2. The van der Waals surface area contributed by atoms with E-state index < -0.39 is 0 Å². The second kappa shape index (κ2) is 8.21. The molecule has 6 N–H and O–H groups in total. The highest BCUT2D eigenvalue weighted by atomic mass is 14.9. The van der Waals surface area contributed by atoms with Gasteiger partial charge in [-0.2, -0.15) is 0 Å². The fourth-order valence-electron chi connectivity index (χ4n) is 3.48. The van der Waals surface area contributed by atoms with Crippen LogP contribution in [0.2, 0.25) is 0 Å². The molecule has 0 bridgehead atoms. The number of nitrogens with two attached hydrogens (primary N) is 2. The second-order valence-electron chi connectivity index (χ2n) is 7.48. The number of hydrogen-bond donors (Lipinski definition) is 4. The highest BCUT2D eigenvalue weighted by Crippen LogP contribution is 2.32. The molecule has 150 valence electrons. The summed E-state index contributed by atoms with van der Waals surface area (Å²) in [5, 5.41) is 6.85. The monoisotopic (exact) mass is 394 g/mol. The Bertz CT molecular complexity index is 1100. The third kappa shape index (κ3) is 4.08. The van der Waals surface area contributed by atoms with Crippen LogP contribution in [0.3, 0.4) is 0 Å². The standard InChI is InChI=1S/C26H26N4/c1-17-15-19(11-13-23(17)29-25-9-5-3-7-21(25)27)20-12-14-24(18(2)16-20)30-26-10-6-4-8-22(26)28/h3-16,29-30H,27-28H2,1-2H3. The summed E-state index contributed by atoms with van der Waals surface area (Å²) in [5.41, 5.74) is 22.2. The van der Waals surface area contributed by atoms with Crippen molar-refractivity contribution in [1.82, 2.24) is 0 Å². The van der Waals surface area contributed by atoms with E-state index in [1.807, 2.05) is 48.5 Å². The number of para-hydroxylation sites is 4. The molecule has 0 saturated carbocycles. The third-order valence-corrected chi connectivity index (χ3v) is 5.25. The van der Waals surface area contributed by atoms with Crippen LogP contribution >= 0.6 is 0 Å². The molecule has 4 rings (SSSR count). The summed E-state index contributed by atoms with van der Waals surface area (Å²) in [7, 11) is 0. The molecular formula is C26H26N4. The van der Waals surface area contributed by atoms with Gasteiger partial charge in [0, 0.05) is 11.4 Å². The molecule has 0 saturated heterocycles. The molecule has 0 fully saturated rings. The number of hydrogen-bond acceptors (Lipinski definition) is 4. The van der Waals surface area contributed by atoms with Crippen molar-refractivity contribution in [1.29, 1.82) is 0 Å². The summed E-state index contributed by atoms with van der Waals surface area (Å²) < 4.78 is 0. The van der Waals surface area contributed by atoms with Crippen LogP contribution < -0.4 is 22.1 Å². The molecule has 4 aromatic carbocycles. The van der Waals surface area contributed by atoms with Crippen LogP contribution in [0.4, 0.5) is 34.1 Å². The first-order valence-corrected chi connectivity index (χ1v) is 9.96. The topological polar surface area (TPSA) is 76.1 Å². The van der Waals surface area contributed by atoms with Gasteiger partial charge in [0.15, 0.2) is 0 Å². The van der Waals surface area contributed by atoms with E-state index in [9.17, 15) is 0 Å². The Morgan fingerprint density at radius 1 is 0.500 bits per heavy atom. The van der Waals surface area contributed by atoms with Gasteiger partial charge in [-0.1, -0.05) is 36.4 Å². The Labute approximate surface area is 177 Å². The number of anilines is 6. The molecule has 0 aliphatic rings. The van der Waals surface area contributed by atoms with Crippen molar-refractivity contribution >= 4 is 34.1 Å². The SMILES string of the molecule is Cc1cc(-c2ccc(Nc3ccccc3N)c(C)c2)ccc1Nc1ccccc1N. The normalized spacial score (nSPS) is 10.6. The van der Waals surface area contributed by atoms with E-state index in [1.165, 1.54) is 11.1 Å². The summed E-state index contributed by atoms with van der Waals surface area (Å²) in [5.74, 6) is 0. The number of benzene rings is 4. The van der Waals surface area contributed by atoms with Crippen molar-refractivity contribution in [2.45, 2.75) is 13.8 Å². The summed E-state index contributed by atoms with van der Waals surface area (Å²) in [6.45, 7) is 4.21. The maximum Gasteiger partial charge on any atom is 0.0617 e. The number of aryl methyl sites for hydroxylation is 2. The summed E-state index contributed by atoms with van der Waals surface area (Å²) in [4.78, 5) is 0. The predicted octanol–water partition coefficient (Wildman–Crippen LogP) is 6.62. The quantitative estimate of drug-likeness (QED) is 0.287. The largest absolute Gasteiger partial charge is 0.397 e. The van der Waals surface area contributed by atoms with Crippen molar-refractivity contribution in [3.8, 4) is 11.1 Å². The first kappa shape index (κ1) is 19.4. The number of rotatable bonds is 5. The lowest BCUT2D eigenvalue weighted by Crippen LogP contribution is -1.98. The molecule has 4 aromatic rings. The van der Waals surface area contributed by atoms with Gasteiger partial charge in [0.2, 0.25) is 0 Å². The molecule has 30 heavy (non-hydrogen) atoms. The Hall–Kier alpha value is -3.92. The maximum atomic E-state index is 6.06. The Balaban J connectivity index is 1.57. The van der Waals surface area contributed by atoms with Crippen molar-refractivity contribution in [2.24, 2.45) is 0 Å². The molecular weight excluding hydrogens is 368 g/mol. The Morgan fingerprint density at radius 2 is 0.900 bits per heavy atom. The van der Waals surface area contributed by atoms with Crippen molar-refractivity contribution in [3.05, 3.63) is 96.1 Å². The molecule has 0 aromatic heterocycles. The van der Waals surface area contributed by atoms with Gasteiger partial charge in [-0.15, -0.1) is 0 Å². The highest BCUT2D eigenvalue weighted by molar-refractivity contribution is 5.78. The van der Waals surface area contributed by atoms with Crippen molar-refractivity contribution in [2.75, 3.05) is 22.1 Å². The second-order valence-corrected chi connectivity index (χ2v) is 7.48. The highest BCUT2D eigenvalue weighted by Gasteiger charge is 2.07. The zero-order chi connectivity index (χ0) is 21.1. The van der Waals surface area contributed by atoms with Crippen molar-refractivity contribution < 1.29 is 0 Å². The minimum absolute atomic E-state index is 0.735. The molecule has 4 heteroatoms. The molecule has 0 radical (unpaired) electrons. The van der Waals surface area contributed by atoms with Crippen molar-refractivity contribution in [3.63, 3.8) is 0 Å². The first-order valence-electron chi connectivity index (χ1n) is 9.96. The van der Waals surface area contributed by atoms with Crippen LogP contribution in [0, 0.1) is 13.8 Å². The smallest absolute Gasteiger partial charge is 0.0617 e. The van der Waals surface area contributed by atoms with Gasteiger partial charge in [-0.3, -0.25) is 0 Å². The molecule has 0 unspecified atom stereocenters. The summed E-state index contributed by atoms with van der Waals surface area (Å²) >= 11 is 0. The first-order chi connectivity index (χ1) is 14.5. The third-order valence-electron chi connectivity index (χ3n) is 5.25. The van der Waals surface area contributed by atoms with Crippen LogP contribution in [0.5, 0.6) is 0 Å². The molecule has 0 amide bonds. The van der Waals surface area contributed by atoms with Crippen LogP contribution in [-0.4, -0.2) is 0 Å². The van der Waals surface area contributed by atoms with Crippen LogP contribution in [0.25, 0.3) is 11.1 Å². The van der Waals surface area contributed by atoms with Gasteiger partial charge in [-0.05, 0) is 84.6 Å². The predicted molar refractivity (Wildman–Crippen MR) is 130 cm³/mol. The van der Waals surface area contributed by atoms with E-state index >= 15 is 0 Å². The molecule has 4 nitrogen and oxygen atoms in total. The van der Waals surface area contributed by atoms with Gasteiger partial charge in [-0.25, -0.2) is 0 Å². The van der Waals surface area contributed by atoms with Crippen LogP contribution in [0.15, 0.2) is 84.9 Å². The number of nitrogen functional groups attached to an aromatic ring is 2. The van der Waals surface area contributed by atoms with Crippen LogP contribution in [0.1, 0.15) is 11.1 Å². The van der Waals surface area contributed by atoms with Gasteiger partial charge >= 0.3 is 0 Å². The van der Waals surface area contributed by atoms with Gasteiger partial charge in [0.05, 0.1) is 22.7 Å². The van der Waals surface area contributed by atoms with E-state index in [-0.39, 0.29) is 0 Å². The van der Waals surface area contributed by atoms with E-state index in [2.05, 4.69) is 60.9 Å². The lowest BCUT2D eigenvalue weighted by Gasteiger charge is -2.15.